The Labute approximate surface area is 156 Å². The van der Waals surface area contributed by atoms with Gasteiger partial charge < -0.3 is 10.1 Å². The van der Waals surface area contributed by atoms with Crippen molar-refractivity contribution in [2.45, 2.75) is 26.5 Å². The Morgan fingerprint density at radius 2 is 2.12 bits per heavy atom. The Kier molecular flexibility index (Phi) is 5.53. The van der Waals surface area contributed by atoms with Crippen LogP contribution in [0.2, 0.25) is 5.02 Å². The van der Waals surface area contributed by atoms with E-state index < -0.39 is 0 Å². The van der Waals surface area contributed by atoms with Crippen LogP contribution in [0.1, 0.15) is 29.9 Å². The number of hydrogen-bond acceptors (Lipinski definition) is 4. The average Bonchev–Trinajstić information content (AvgIpc) is 3.03. The molecule has 0 saturated heterocycles. The van der Waals surface area contributed by atoms with E-state index in [-0.39, 0.29) is 12.0 Å². The Balaban J connectivity index is 1.73. The first kappa shape index (κ1) is 17.9. The summed E-state index contributed by atoms with van der Waals surface area (Å²) in [7, 11) is 0. The number of rotatable bonds is 6. The van der Waals surface area contributed by atoms with Crippen LogP contribution in [-0.4, -0.2) is 26.8 Å². The number of nitrogens with zero attached hydrogens (tertiary/aromatic N) is 3. The molecule has 1 N–H and O–H groups in total. The van der Waals surface area contributed by atoms with Crippen LogP contribution in [0.15, 0.2) is 54.9 Å². The number of halogens is 1. The minimum Gasteiger partial charge on any atom is -0.490 e. The zero-order valence-corrected chi connectivity index (χ0v) is 15.3. The van der Waals surface area contributed by atoms with Gasteiger partial charge in [0, 0.05) is 23.5 Å². The van der Waals surface area contributed by atoms with Gasteiger partial charge in [0.15, 0.2) is 5.82 Å². The predicted molar refractivity (Wildman–Crippen MR) is 101 cm³/mol. The van der Waals surface area contributed by atoms with Gasteiger partial charge in [0.1, 0.15) is 5.75 Å². The molecule has 0 fully saturated rings. The molecule has 1 aromatic carbocycles. The molecule has 0 aliphatic heterocycles. The lowest BCUT2D eigenvalue weighted by atomic mass is 10.2. The first-order valence-corrected chi connectivity index (χ1v) is 8.60. The monoisotopic (exact) mass is 370 g/mol. The van der Waals surface area contributed by atoms with Crippen molar-refractivity contribution in [2.75, 3.05) is 5.32 Å². The molecule has 3 rings (SSSR count). The first-order chi connectivity index (χ1) is 12.5. The number of nitrogens with one attached hydrogen (secondary N) is 1. The van der Waals surface area contributed by atoms with E-state index in [0.29, 0.717) is 28.7 Å². The zero-order chi connectivity index (χ0) is 18.5. The van der Waals surface area contributed by atoms with Crippen LogP contribution in [0.25, 0.3) is 0 Å². The molecule has 0 radical (unpaired) electrons. The quantitative estimate of drug-likeness (QED) is 0.711. The van der Waals surface area contributed by atoms with Gasteiger partial charge in [0.05, 0.1) is 23.9 Å². The van der Waals surface area contributed by atoms with Crippen molar-refractivity contribution in [2.24, 2.45) is 0 Å². The lowest BCUT2D eigenvalue weighted by Crippen LogP contribution is -2.16. The van der Waals surface area contributed by atoms with Gasteiger partial charge in [-0.05, 0) is 44.2 Å². The third-order valence-corrected chi connectivity index (χ3v) is 3.72. The molecule has 0 unspecified atom stereocenters. The molecule has 0 aliphatic carbocycles. The molecular formula is C19H19ClN4O2. The molecule has 26 heavy (non-hydrogen) atoms. The summed E-state index contributed by atoms with van der Waals surface area (Å²) >= 11 is 6.03. The smallest absolute Gasteiger partial charge is 0.260 e. The van der Waals surface area contributed by atoms with Crippen molar-refractivity contribution in [3.63, 3.8) is 0 Å². The second kappa shape index (κ2) is 8.01. The van der Waals surface area contributed by atoms with Gasteiger partial charge in [-0.2, -0.15) is 5.10 Å². The summed E-state index contributed by atoms with van der Waals surface area (Å²) in [6, 6.07) is 12.4. The molecule has 2 aromatic heterocycles. The van der Waals surface area contributed by atoms with Crippen molar-refractivity contribution in [1.82, 2.24) is 14.8 Å². The van der Waals surface area contributed by atoms with E-state index >= 15 is 0 Å². The first-order valence-electron chi connectivity index (χ1n) is 8.22. The average molecular weight is 371 g/mol. The molecule has 0 atom stereocenters. The van der Waals surface area contributed by atoms with E-state index in [9.17, 15) is 4.79 Å². The second-order valence-electron chi connectivity index (χ2n) is 5.98. The summed E-state index contributed by atoms with van der Waals surface area (Å²) in [6.07, 6.45) is 3.46. The van der Waals surface area contributed by atoms with Gasteiger partial charge in [-0.25, -0.2) is 0 Å². The predicted octanol–water partition coefficient (Wildman–Crippen LogP) is 4.02. The van der Waals surface area contributed by atoms with Gasteiger partial charge in [0.2, 0.25) is 0 Å². The van der Waals surface area contributed by atoms with Crippen LogP contribution in [0.4, 0.5) is 5.82 Å². The standard InChI is InChI=1S/C19H19ClN4O2/c1-13(2)26-17-7-6-14(20)11-16(17)19(25)22-18-8-10-24(23-18)12-15-5-3-4-9-21-15/h3-11,13H,12H2,1-2H3,(H,22,23,25). The topological polar surface area (TPSA) is 69.0 Å². The SMILES string of the molecule is CC(C)Oc1ccc(Cl)cc1C(=O)Nc1ccn(Cc2ccccn2)n1. The van der Waals surface area contributed by atoms with Gasteiger partial charge in [-0.15, -0.1) is 0 Å². The van der Waals surface area contributed by atoms with Crippen molar-refractivity contribution < 1.29 is 9.53 Å². The minimum atomic E-state index is -0.328. The van der Waals surface area contributed by atoms with Gasteiger partial charge in [-0.3, -0.25) is 14.5 Å². The maximum absolute atomic E-state index is 12.6. The molecule has 0 aliphatic rings. The van der Waals surface area contributed by atoms with Crippen LogP contribution in [0.5, 0.6) is 5.75 Å². The maximum Gasteiger partial charge on any atom is 0.260 e. The van der Waals surface area contributed by atoms with E-state index in [4.69, 9.17) is 16.3 Å². The molecule has 6 nitrogen and oxygen atoms in total. The van der Waals surface area contributed by atoms with Crippen molar-refractivity contribution in [3.05, 3.63) is 71.1 Å². The van der Waals surface area contributed by atoms with Crippen molar-refractivity contribution >= 4 is 23.3 Å². The number of carbonyl (C=O) groups is 1. The summed E-state index contributed by atoms with van der Waals surface area (Å²) in [5, 5.41) is 7.60. The molecule has 134 valence electrons. The van der Waals surface area contributed by atoms with Crippen LogP contribution >= 0.6 is 11.6 Å². The van der Waals surface area contributed by atoms with E-state index in [1.807, 2.05) is 32.0 Å². The van der Waals surface area contributed by atoms with Crippen LogP contribution in [0, 0.1) is 0 Å². The van der Waals surface area contributed by atoms with Crippen LogP contribution in [0.3, 0.4) is 0 Å². The summed E-state index contributed by atoms with van der Waals surface area (Å²) in [4.78, 5) is 16.9. The molecule has 1 amide bonds. The fraction of sp³-hybridized carbons (Fsp3) is 0.211. The number of ether oxygens (including phenoxy) is 1. The minimum absolute atomic E-state index is 0.0553. The molecule has 0 spiro atoms. The van der Waals surface area contributed by atoms with Crippen molar-refractivity contribution in [1.29, 1.82) is 0 Å². The number of carbonyl (C=O) groups excluding carboxylic acids is 1. The number of hydrogen-bond donors (Lipinski definition) is 1. The molecule has 0 bridgehead atoms. The summed E-state index contributed by atoms with van der Waals surface area (Å²) in [6.45, 7) is 4.32. The number of benzene rings is 1. The lowest BCUT2D eigenvalue weighted by molar-refractivity contribution is 0.102. The summed E-state index contributed by atoms with van der Waals surface area (Å²) in [5.41, 5.74) is 1.25. The zero-order valence-electron chi connectivity index (χ0n) is 14.5. The van der Waals surface area contributed by atoms with E-state index in [0.717, 1.165) is 5.69 Å². The van der Waals surface area contributed by atoms with Crippen LogP contribution in [-0.2, 0) is 6.54 Å². The van der Waals surface area contributed by atoms with E-state index in [2.05, 4.69) is 15.4 Å². The summed E-state index contributed by atoms with van der Waals surface area (Å²) in [5.74, 6) is 0.599. The highest BCUT2D eigenvalue weighted by Gasteiger charge is 2.16. The third kappa shape index (κ3) is 4.61. The second-order valence-corrected chi connectivity index (χ2v) is 6.42. The van der Waals surface area contributed by atoms with E-state index in [1.54, 1.807) is 41.3 Å². The number of aromatic nitrogens is 3. The van der Waals surface area contributed by atoms with E-state index in [1.165, 1.54) is 0 Å². The molecule has 3 aromatic rings. The highest BCUT2D eigenvalue weighted by Crippen LogP contribution is 2.25. The Morgan fingerprint density at radius 3 is 2.85 bits per heavy atom. The third-order valence-electron chi connectivity index (χ3n) is 3.48. The van der Waals surface area contributed by atoms with Crippen molar-refractivity contribution in [3.8, 4) is 5.75 Å². The normalized spacial score (nSPS) is 10.8. The van der Waals surface area contributed by atoms with Crippen LogP contribution < -0.4 is 10.1 Å². The Hall–Kier alpha value is -2.86. The number of amides is 1. The molecular weight excluding hydrogens is 352 g/mol. The maximum atomic E-state index is 12.6. The van der Waals surface area contributed by atoms with Gasteiger partial charge >= 0.3 is 0 Å². The lowest BCUT2D eigenvalue weighted by Gasteiger charge is -2.14. The highest BCUT2D eigenvalue weighted by atomic mass is 35.5. The molecule has 2 heterocycles. The fourth-order valence-corrected chi connectivity index (χ4v) is 2.57. The van der Waals surface area contributed by atoms with Gasteiger partial charge in [0.25, 0.3) is 5.91 Å². The Bertz CT molecular complexity index is 894. The highest BCUT2D eigenvalue weighted by molar-refractivity contribution is 6.31. The summed E-state index contributed by atoms with van der Waals surface area (Å²) < 4.78 is 7.40. The fourth-order valence-electron chi connectivity index (χ4n) is 2.39. The Morgan fingerprint density at radius 1 is 1.27 bits per heavy atom. The largest absolute Gasteiger partial charge is 0.490 e. The van der Waals surface area contributed by atoms with Gasteiger partial charge in [-0.1, -0.05) is 17.7 Å². The molecule has 0 saturated carbocycles. The number of pyridine rings is 1. The number of anilines is 1. The molecule has 7 heteroatoms.